The first-order valence-corrected chi connectivity index (χ1v) is 7.66. The van der Waals surface area contributed by atoms with Crippen molar-refractivity contribution >= 4 is 0 Å². The molecule has 0 saturated carbocycles. The molecule has 0 bridgehead atoms. The molecule has 0 spiro atoms. The van der Waals surface area contributed by atoms with Gasteiger partial charge in [0.15, 0.2) is 0 Å². The predicted molar refractivity (Wildman–Crippen MR) is 82.0 cm³/mol. The molecule has 0 saturated heterocycles. The van der Waals surface area contributed by atoms with Crippen molar-refractivity contribution in [2.75, 3.05) is 0 Å². The van der Waals surface area contributed by atoms with Crippen LogP contribution in [0.4, 0.5) is 0 Å². The van der Waals surface area contributed by atoms with Gasteiger partial charge < -0.3 is 0 Å². The first-order chi connectivity index (χ1) is 8.77. The van der Waals surface area contributed by atoms with Gasteiger partial charge in [0.05, 0.1) is 0 Å². The molecule has 0 atom stereocenters. The fourth-order valence-electron chi connectivity index (χ4n) is 2.50. The molecular weight excluding hydrogens is 216 g/mol. The lowest BCUT2D eigenvalue weighted by Crippen LogP contribution is -1.90. The van der Waals surface area contributed by atoms with E-state index < -0.39 is 0 Å². The van der Waals surface area contributed by atoms with Crippen molar-refractivity contribution in [3.8, 4) is 0 Å². The normalized spacial score (nSPS) is 10.8. The van der Waals surface area contributed by atoms with Gasteiger partial charge in [0, 0.05) is 0 Å². The van der Waals surface area contributed by atoms with Crippen molar-refractivity contribution in [3.63, 3.8) is 0 Å². The Kier molecular flexibility index (Phi) is 7.80. The highest BCUT2D eigenvalue weighted by atomic mass is 14.0. The van der Waals surface area contributed by atoms with Gasteiger partial charge in [0.1, 0.15) is 0 Å². The molecule has 0 aliphatic rings. The van der Waals surface area contributed by atoms with E-state index in [0.717, 1.165) is 0 Å². The summed E-state index contributed by atoms with van der Waals surface area (Å²) >= 11 is 0. The molecule has 1 aromatic carbocycles. The number of aryl methyl sites for hydroxylation is 2. The zero-order valence-corrected chi connectivity index (χ0v) is 12.5. The predicted octanol–water partition coefficient (Wildman–Crippen LogP) is 5.86. The van der Waals surface area contributed by atoms with Crippen molar-refractivity contribution < 1.29 is 0 Å². The van der Waals surface area contributed by atoms with E-state index in [1.807, 2.05) is 0 Å². The van der Waals surface area contributed by atoms with Gasteiger partial charge in [0.25, 0.3) is 0 Å². The fraction of sp³-hybridized carbons (Fsp3) is 0.611. The zero-order valence-electron chi connectivity index (χ0n) is 12.5. The van der Waals surface area contributed by atoms with Crippen molar-refractivity contribution in [2.24, 2.45) is 0 Å². The highest BCUT2D eigenvalue weighted by Gasteiger charge is 1.99. The van der Waals surface area contributed by atoms with E-state index in [4.69, 9.17) is 0 Å². The van der Waals surface area contributed by atoms with E-state index in [-0.39, 0.29) is 0 Å². The second-order valence-electron chi connectivity index (χ2n) is 5.35. The monoisotopic (exact) mass is 245 g/mol. The summed E-state index contributed by atoms with van der Waals surface area (Å²) in [4.78, 5) is 0. The van der Waals surface area contributed by atoms with Gasteiger partial charge in [-0.05, 0) is 42.9 Å². The third-order valence-corrected chi connectivity index (χ3v) is 3.71. The number of hydrogen-bond acceptors (Lipinski definition) is 0. The summed E-state index contributed by atoms with van der Waals surface area (Å²) in [5, 5.41) is 0. The molecule has 0 unspecified atom stereocenters. The van der Waals surface area contributed by atoms with E-state index >= 15 is 0 Å². The van der Waals surface area contributed by atoms with Gasteiger partial charge >= 0.3 is 0 Å². The maximum absolute atomic E-state index is 2.35. The maximum atomic E-state index is 2.35. The Bertz CT molecular complexity index is 325. The van der Waals surface area contributed by atoms with E-state index in [2.05, 4.69) is 45.4 Å². The Morgan fingerprint density at radius 2 is 1.61 bits per heavy atom. The van der Waals surface area contributed by atoms with Crippen molar-refractivity contribution in [2.45, 2.75) is 72.1 Å². The largest absolute Gasteiger partial charge is 0.0654 e. The van der Waals surface area contributed by atoms with Crippen LogP contribution in [-0.2, 0) is 6.42 Å². The third kappa shape index (κ3) is 5.71. The van der Waals surface area contributed by atoms with Crippen LogP contribution >= 0.6 is 0 Å². The molecule has 1 radical (unpaired) electrons. The molecule has 0 aromatic heterocycles. The lowest BCUT2D eigenvalue weighted by molar-refractivity contribution is 0.589. The summed E-state index contributed by atoms with van der Waals surface area (Å²) in [7, 11) is 0. The molecule has 0 N–H and O–H groups in total. The summed E-state index contributed by atoms with van der Waals surface area (Å²) in [5.41, 5.74) is 4.29. The molecular formula is C18H29. The molecule has 0 aliphatic heterocycles. The Hall–Kier alpha value is -0.780. The van der Waals surface area contributed by atoms with Gasteiger partial charge in [-0.2, -0.15) is 0 Å². The van der Waals surface area contributed by atoms with E-state index in [1.54, 1.807) is 0 Å². The van der Waals surface area contributed by atoms with E-state index in [1.165, 1.54) is 68.1 Å². The molecule has 0 fully saturated rings. The first kappa shape index (κ1) is 15.3. The lowest BCUT2D eigenvalue weighted by Gasteiger charge is -2.07. The van der Waals surface area contributed by atoms with Crippen LogP contribution < -0.4 is 0 Å². The molecule has 0 amide bonds. The van der Waals surface area contributed by atoms with Crippen molar-refractivity contribution in [3.05, 3.63) is 41.3 Å². The number of unbranched alkanes of at least 4 members (excludes halogenated alkanes) is 6. The minimum Gasteiger partial charge on any atom is -0.0654 e. The standard InChI is InChI=1S/C18H29/c1-4-6-7-8-9-10-11-12-17-13-14-18(5-2)16(3)15-17/h5,13-15H,4,6-12H2,1-3H3. The second-order valence-corrected chi connectivity index (χ2v) is 5.35. The minimum atomic E-state index is 1.25. The van der Waals surface area contributed by atoms with Gasteiger partial charge in [-0.3, -0.25) is 0 Å². The molecule has 0 heterocycles. The van der Waals surface area contributed by atoms with Crippen LogP contribution in [0.2, 0.25) is 0 Å². The summed E-state index contributed by atoms with van der Waals surface area (Å²) in [6.07, 6.45) is 13.2. The van der Waals surface area contributed by atoms with Crippen LogP contribution in [0.25, 0.3) is 0 Å². The van der Waals surface area contributed by atoms with Gasteiger partial charge in [-0.1, -0.05) is 70.6 Å². The lowest BCUT2D eigenvalue weighted by atomic mass is 9.99. The first-order valence-electron chi connectivity index (χ1n) is 7.66. The topological polar surface area (TPSA) is 0 Å². The Labute approximate surface area is 114 Å². The summed E-state index contributed by atoms with van der Waals surface area (Å²) < 4.78 is 0. The molecule has 0 heteroatoms. The minimum absolute atomic E-state index is 1.25. The van der Waals surface area contributed by atoms with Crippen molar-refractivity contribution in [1.29, 1.82) is 0 Å². The van der Waals surface area contributed by atoms with Crippen LogP contribution in [0.1, 0.15) is 75.5 Å². The van der Waals surface area contributed by atoms with Crippen LogP contribution in [0, 0.1) is 13.3 Å². The van der Waals surface area contributed by atoms with Crippen LogP contribution in [-0.4, -0.2) is 0 Å². The van der Waals surface area contributed by atoms with Gasteiger partial charge in [0.2, 0.25) is 0 Å². The second kappa shape index (κ2) is 9.19. The smallest absolute Gasteiger partial charge is 0.0121 e. The number of hydrogen-bond donors (Lipinski definition) is 0. The van der Waals surface area contributed by atoms with Gasteiger partial charge in [-0.15, -0.1) is 0 Å². The highest BCUT2D eigenvalue weighted by molar-refractivity contribution is 5.35. The van der Waals surface area contributed by atoms with Crippen LogP contribution in [0.15, 0.2) is 18.2 Å². The molecule has 1 aromatic rings. The molecule has 101 valence electrons. The van der Waals surface area contributed by atoms with Gasteiger partial charge in [-0.25, -0.2) is 0 Å². The molecule has 0 aliphatic carbocycles. The number of benzene rings is 1. The summed E-state index contributed by atoms with van der Waals surface area (Å²) in [5.74, 6) is 0. The maximum Gasteiger partial charge on any atom is -0.0121 e. The van der Waals surface area contributed by atoms with Crippen molar-refractivity contribution in [1.82, 2.24) is 0 Å². The third-order valence-electron chi connectivity index (χ3n) is 3.71. The highest BCUT2D eigenvalue weighted by Crippen LogP contribution is 2.15. The average Bonchev–Trinajstić information content (AvgIpc) is 2.38. The Morgan fingerprint density at radius 3 is 2.22 bits per heavy atom. The zero-order chi connectivity index (χ0) is 13.2. The molecule has 18 heavy (non-hydrogen) atoms. The Balaban J connectivity index is 2.17. The quantitative estimate of drug-likeness (QED) is 0.478. The fourth-order valence-corrected chi connectivity index (χ4v) is 2.50. The summed E-state index contributed by atoms with van der Waals surface area (Å²) in [6.45, 7) is 6.60. The summed E-state index contributed by atoms with van der Waals surface area (Å²) in [6, 6.07) is 6.90. The van der Waals surface area contributed by atoms with Crippen LogP contribution in [0.3, 0.4) is 0 Å². The van der Waals surface area contributed by atoms with E-state index in [9.17, 15) is 0 Å². The van der Waals surface area contributed by atoms with E-state index in [0.29, 0.717) is 0 Å². The Morgan fingerprint density at radius 1 is 0.944 bits per heavy atom. The van der Waals surface area contributed by atoms with Crippen LogP contribution in [0.5, 0.6) is 0 Å². The molecule has 0 nitrogen and oxygen atoms in total. The number of rotatable bonds is 9. The molecule has 1 rings (SSSR count). The SMILES string of the molecule is C[CH]c1ccc(CCCCCCCCC)cc1C. The average molecular weight is 245 g/mol.